The summed E-state index contributed by atoms with van der Waals surface area (Å²) in [4.78, 5) is 16.7. The zero-order valence-corrected chi connectivity index (χ0v) is 12.2. The predicted molar refractivity (Wildman–Crippen MR) is 85.9 cm³/mol. The quantitative estimate of drug-likeness (QED) is 0.753. The molecule has 2 aromatic heterocycles. The molecule has 0 aliphatic rings. The summed E-state index contributed by atoms with van der Waals surface area (Å²) >= 11 is 0. The zero-order valence-electron chi connectivity index (χ0n) is 12.2. The highest BCUT2D eigenvalue weighted by atomic mass is 15.2. The van der Waals surface area contributed by atoms with Crippen molar-refractivity contribution in [2.75, 3.05) is 10.6 Å². The fraction of sp³-hybridized carbons (Fsp3) is 0.125. The van der Waals surface area contributed by atoms with Crippen molar-refractivity contribution in [3.05, 3.63) is 66.2 Å². The molecular weight excluding hydrogens is 276 g/mol. The van der Waals surface area contributed by atoms with Crippen LogP contribution in [-0.2, 0) is 6.54 Å². The lowest BCUT2D eigenvalue weighted by Crippen LogP contribution is -2.06. The molecule has 6 heteroatoms. The molecule has 1 aromatic carbocycles. The van der Waals surface area contributed by atoms with Crippen molar-refractivity contribution in [3.63, 3.8) is 0 Å². The van der Waals surface area contributed by atoms with E-state index in [2.05, 4.69) is 42.7 Å². The van der Waals surface area contributed by atoms with Crippen molar-refractivity contribution in [2.45, 2.75) is 13.5 Å². The standard InChI is InChI=1S/C16H16N6/c1-12-9-19-16(21-14-7-8-17-11-20-14)22-15(12)18-10-13-5-3-2-4-6-13/h2-9,11H,10H2,1H3,(H2,17,18,19,20,21,22). The molecule has 0 aliphatic carbocycles. The van der Waals surface area contributed by atoms with Crippen LogP contribution in [0, 0.1) is 6.92 Å². The highest BCUT2D eigenvalue weighted by molar-refractivity contribution is 5.52. The van der Waals surface area contributed by atoms with E-state index >= 15 is 0 Å². The Labute approximate surface area is 128 Å². The first-order valence-corrected chi connectivity index (χ1v) is 6.96. The molecule has 6 nitrogen and oxygen atoms in total. The van der Waals surface area contributed by atoms with Crippen LogP contribution in [0.25, 0.3) is 0 Å². The van der Waals surface area contributed by atoms with Gasteiger partial charge in [-0.05, 0) is 18.6 Å². The van der Waals surface area contributed by atoms with E-state index in [-0.39, 0.29) is 0 Å². The molecule has 0 spiro atoms. The highest BCUT2D eigenvalue weighted by Gasteiger charge is 2.04. The monoisotopic (exact) mass is 292 g/mol. The lowest BCUT2D eigenvalue weighted by molar-refractivity contribution is 1.06. The molecule has 0 radical (unpaired) electrons. The molecule has 2 N–H and O–H groups in total. The van der Waals surface area contributed by atoms with Gasteiger partial charge in [0.1, 0.15) is 18.0 Å². The Morgan fingerprint density at radius 2 is 1.91 bits per heavy atom. The number of nitrogens with one attached hydrogen (secondary N) is 2. The van der Waals surface area contributed by atoms with Crippen LogP contribution >= 0.6 is 0 Å². The Hall–Kier alpha value is -3.02. The molecule has 2 heterocycles. The normalized spacial score (nSPS) is 10.2. The highest BCUT2D eigenvalue weighted by Crippen LogP contribution is 2.16. The number of hydrogen-bond donors (Lipinski definition) is 2. The minimum atomic E-state index is 0.500. The van der Waals surface area contributed by atoms with Gasteiger partial charge in [0, 0.05) is 24.5 Å². The summed E-state index contributed by atoms with van der Waals surface area (Å²) in [6.07, 6.45) is 4.92. The molecule has 3 rings (SSSR count). The molecule has 0 unspecified atom stereocenters. The molecule has 0 atom stereocenters. The van der Waals surface area contributed by atoms with E-state index in [0.717, 1.165) is 11.4 Å². The second-order valence-electron chi connectivity index (χ2n) is 4.78. The van der Waals surface area contributed by atoms with Crippen LogP contribution in [0.3, 0.4) is 0 Å². The van der Waals surface area contributed by atoms with Crippen LogP contribution in [0.5, 0.6) is 0 Å². The SMILES string of the molecule is Cc1cnc(Nc2ccncn2)nc1NCc1ccccc1. The van der Waals surface area contributed by atoms with E-state index in [0.29, 0.717) is 18.3 Å². The van der Waals surface area contributed by atoms with E-state index < -0.39 is 0 Å². The van der Waals surface area contributed by atoms with Crippen LogP contribution in [0.4, 0.5) is 17.6 Å². The smallest absolute Gasteiger partial charge is 0.230 e. The van der Waals surface area contributed by atoms with E-state index in [9.17, 15) is 0 Å². The predicted octanol–water partition coefficient (Wildman–Crippen LogP) is 2.93. The minimum absolute atomic E-state index is 0.500. The lowest BCUT2D eigenvalue weighted by Gasteiger charge is -2.10. The fourth-order valence-corrected chi connectivity index (χ4v) is 1.94. The molecule has 0 amide bonds. The number of rotatable bonds is 5. The number of anilines is 3. The lowest BCUT2D eigenvalue weighted by atomic mass is 10.2. The summed E-state index contributed by atoms with van der Waals surface area (Å²) in [5, 5.41) is 6.39. The first kappa shape index (κ1) is 13.9. The molecule has 110 valence electrons. The number of nitrogens with zero attached hydrogens (tertiary/aromatic N) is 4. The summed E-state index contributed by atoms with van der Waals surface area (Å²) in [6, 6.07) is 12.0. The second-order valence-corrected chi connectivity index (χ2v) is 4.78. The first-order valence-electron chi connectivity index (χ1n) is 6.96. The van der Waals surface area contributed by atoms with Crippen molar-refractivity contribution in [3.8, 4) is 0 Å². The van der Waals surface area contributed by atoms with Crippen LogP contribution in [0.1, 0.15) is 11.1 Å². The molecular formula is C16H16N6. The van der Waals surface area contributed by atoms with Gasteiger partial charge in [-0.25, -0.2) is 15.0 Å². The third-order valence-electron chi connectivity index (χ3n) is 3.10. The van der Waals surface area contributed by atoms with Crippen molar-refractivity contribution >= 4 is 17.6 Å². The molecule has 0 fully saturated rings. The van der Waals surface area contributed by atoms with Gasteiger partial charge in [-0.3, -0.25) is 0 Å². The van der Waals surface area contributed by atoms with Gasteiger partial charge in [-0.1, -0.05) is 30.3 Å². The summed E-state index contributed by atoms with van der Waals surface area (Å²) in [7, 11) is 0. The van der Waals surface area contributed by atoms with Gasteiger partial charge in [-0.2, -0.15) is 4.98 Å². The number of hydrogen-bond acceptors (Lipinski definition) is 6. The summed E-state index contributed by atoms with van der Waals surface area (Å²) in [5.41, 5.74) is 2.19. The average molecular weight is 292 g/mol. The maximum absolute atomic E-state index is 4.49. The van der Waals surface area contributed by atoms with Crippen LogP contribution < -0.4 is 10.6 Å². The topological polar surface area (TPSA) is 75.6 Å². The third kappa shape index (κ3) is 3.54. The largest absolute Gasteiger partial charge is 0.366 e. The van der Waals surface area contributed by atoms with Gasteiger partial charge in [-0.15, -0.1) is 0 Å². The molecule has 0 saturated heterocycles. The fourth-order valence-electron chi connectivity index (χ4n) is 1.94. The first-order chi connectivity index (χ1) is 10.8. The van der Waals surface area contributed by atoms with Crippen molar-refractivity contribution < 1.29 is 0 Å². The van der Waals surface area contributed by atoms with Crippen LogP contribution in [0.2, 0.25) is 0 Å². The van der Waals surface area contributed by atoms with Gasteiger partial charge in [0.2, 0.25) is 5.95 Å². The van der Waals surface area contributed by atoms with E-state index in [1.807, 2.05) is 25.1 Å². The third-order valence-corrected chi connectivity index (χ3v) is 3.10. The molecule has 0 aliphatic heterocycles. The van der Waals surface area contributed by atoms with Crippen molar-refractivity contribution in [2.24, 2.45) is 0 Å². The van der Waals surface area contributed by atoms with E-state index in [1.165, 1.54) is 11.9 Å². The number of benzene rings is 1. The average Bonchev–Trinajstić information content (AvgIpc) is 2.57. The van der Waals surface area contributed by atoms with Crippen LogP contribution in [-0.4, -0.2) is 19.9 Å². The summed E-state index contributed by atoms with van der Waals surface area (Å²) in [6.45, 7) is 2.69. The van der Waals surface area contributed by atoms with E-state index in [1.54, 1.807) is 18.5 Å². The maximum atomic E-state index is 4.49. The molecule has 0 saturated carbocycles. The van der Waals surface area contributed by atoms with Crippen LogP contribution in [0.15, 0.2) is 55.1 Å². The Kier molecular flexibility index (Phi) is 4.20. The Morgan fingerprint density at radius 1 is 1.05 bits per heavy atom. The molecule has 3 aromatic rings. The van der Waals surface area contributed by atoms with Crippen molar-refractivity contribution in [1.82, 2.24) is 19.9 Å². The number of aromatic nitrogens is 4. The molecule has 0 bridgehead atoms. The molecule has 22 heavy (non-hydrogen) atoms. The van der Waals surface area contributed by atoms with Gasteiger partial charge < -0.3 is 10.6 Å². The van der Waals surface area contributed by atoms with Crippen molar-refractivity contribution in [1.29, 1.82) is 0 Å². The summed E-state index contributed by atoms with van der Waals surface area (Å²) < 4.78 is 0. The maximum Gasteiger partial charge on any atom is 0.230 e. The van der Waals surface area contributed by atoms with Gasteiger partial charge in [0.15, 0.2) is 0 Å². The Bertz CT molecular complexity index is 730. The Morgan fingerprint density at radius 3 is 2.68 bits per heavy atom. The number of aryl methyl sites for hydroxylation is 1. The van der Waals surface area contributed by atoms with E-state index in [4.69, 9.17) is 0 Å². The minimum Gasteiger partial charge on any atom is -0.366 e. The Balaban J connectivity index is 1.72. The van der Waals surface area contributed by atoms with Gasteiger partial charge >= 0.3 is 0 Å². The summed E-state index contributed by atoms with van der Waals surface area (Å²) in [5.74, 6) is 1.96. The van der Waals surface area contributed by atoms with Gasteiger partial charge in [0.05, 0.1) is 0 Å². The van der Waals surface area contributed by atoms with Gasteiger partial charge in [0.25, 0.3) is 0 Å². The zero-order chi connectivity index (χ0) is 15.2. The second kappa shape index (κ2) is 6.62.